The number of nitrogens with one attached hydrogen (secondary N) is 1. The fourth-order valence-corrected chi connectivity index (χ4v) is 8.68. The topological polar surface area (TPSA) is 149 Å². The molecule has 7 atom stereocenters. The molecule has 9 heteroatoms. The summed E-state index contributed by atoms with van der Waals surface area (Å²) in [5, 5.41) is 54.4. The summed E-state index contributed by atoms with van der Waals surface area (Å²) in [5.41, 5.74) is 0. The van der Waals surface area contributed by atoms with E-state index in [0.29, 0.717) is 6.42 Å². The van der Waals surface area contributed by atoms with Gasteiger partial charge in [0.1, 0.15) is 24.4 Å². The first-order valence-electron chi connectivity index (χ1n) is 27.1. The van der Waals surface area contributed by atoms with Gasteiger partial charge in [-0.25, -0.2) is 0 Å². The van der Waals surface area contributed by atoms with Gasteiger partial charge in [0.2, 0.25) is 5.91 Å². The molecule has 1 fully saturated rings. The first kappa shape index (κ1) is 59.7. The number of aliphatic hydroxyl groups is 5. The van der Waals surface area contributed by atoms with Gasteiger partial charge in [-0.1, -0.05) is 231 Å². The average Bonchev–Trinajstić information content (AvgIpc) is 3.28. The Morgan fingerprint density at radius 1 is 0.524 bits per heavy atom. The van der Waals surface area contributed by atoms with Crippen molar-refractivity contribution in [3.05, 3.63) is 24.3 Å². The van der Waals surface area contributed by atoms with Crippen LogP contribution < -0.4 is 5.32 Å². The number of rotatable bonds is 46. The second-order valence-corrected chi connectivity index (χ2v) is 19.0. The minimum Gasteiger partial charge on any atom is -0.394 e. The molecule has 1 rings (SSSR count). The van der Waals surface area contributed by atoms with Crippen molar-refractivity contribution < 1.29 is 39.8 Å². The maximum absolute atomic E-state index is 13.0. The van der Waals surface area contributed by atoms with Crippen molar-refractivity contribution in [2.24, 2.45) is 0 Å². The zero-order valence-electron chi connectivity index (χ0n) is 41.1. The monoisotopic (exact) mass is 894 g/mol. The van der Waals surface area contributed by atoms with Gasteiger partial charge in [-0.2, -0.15) is 0 Å². The molecule has 0 spiro atoms. The second-order valence-electron chi connectivity index (χ2n) is 19.0. The Kier molecular flexibility index (Phi) is 42.2. The van der Waals surface area contributed by atoms with Crippen LogP contribution in [0.3, 0.4) is 0 Å². The van der Waals surface area contributed by atoms with Gasteiger partial charge in [-0.05, 0) is 44.9 Å². The predicted molar refractivity (Wildman–Crippen MR) is 263 cm³/mol. The molecule has 1 heterocycles. The van der Waals surface area contributed by atoms with Crippen LogP contribution in [-0.2, 0) is 14.3 Å². The van der Waals surface area contributed by atoms with Crippen LogP contribution in [-0.4, -0.2) is 87.5 Å². The van der Waals surface area contributed by atoms with E-state index in [1.807, 2.05) is 6.08 Å². The highest BCUT2D eigenvalue weighted by Gasteiger charge is 2.44. The van der Waals surface area contributed by atoms with E-state index in [4.69, 9.17) is 9.47 Å². The molecule has 372 valence electrons. The maximum Gasteiger partial charge on any atom is 0.220 e. The molecule has 1 amide bonds. The van der Waals surface area contributed by atoms with E-state index in [1.54, 1.807) is 6.08 Å². The lowest BCUT2D eigenvalue weighted by Gasteiger charge is -2.40. The fraction of sp³-hybridized carbons (Fsp3) is 0.907. The van der Waals surface area contributed by atoms with Gasteiger partial charge in [0, 0.05) is 6.42 Å². The summed E-state index contributed by atoms with van der Waals surface area (Å²) in [5.74, 6) is -0.182. The van der Waals surface area contributed by atoms with E-state index < -0.39 is 49.5 Å². The molecule has 7 unspecified atom stereocenters. The molecule has 0 aromatic heterocycles. The lowest BCUT2D eigenvalue weighted by molar-refractivity contribution is -0.302. The zero-order valence-corrected chi connectivity index (χ0v) is 41.1. The maximum atomic E-state index is 13.0. The van der Waals surface area contributed by atoms with Crippen LogP contribution in [0.2, 0.25) is 0 Å². The molecule has 1 saturated heterocycles. The quantitative estimate of drug-likeness (QED) is 0.0261. The van der Waals surface area contributed by atoms with Crippen molar-refractivity contribution in [1.29, 1.82) is 0 Å². The Hall–Kier alpha value is -1.33. The summed E-state index contributed by atoms with van der Waals surface area (Å²) in [6.45, 7) is 3.80. The smallest absolute Gasteiger partial charge is 0.220 e. The van der Waals surface area contributed by atoms with E-state index in [2.05, 4.69) is 31.3 Å². The summed E-state index contributed by atoms with van der Waals surface area (Å²) in [4.78, 5) is 13.0. The third kappa shape index (κ3) is 34.6. The van der Waals surface area contributed by atoms with E-state index >= 15 is 0 Å². The zero-order chi connectivity index (χ0) is 45.9. The van der Waals surface area contributed by atoms with Gasteiger partial charge in [0.05, 0.1) is 25.4 Å². The normalized spacial score (nSPS) is 20.3. The predicted octanol–water partition coefficient (Wildman–Crippen LogP) is 12.6. The SMILES string of the molecule is CCCCCCCCCCC/C=C\CCCCCCCC(=O)NC(COC1OC(CO)C(O)C(O)C1O)C(O)/C=C/CCCCCCCCCCCCCCCCCCCCCC. The van der Waals surface area contributed by atoms with Crippen molar-refractivity contribution >= 4 is 5.91 Å². The summed E-state index contributed by atoms with van der Waals surface area (Å²) >= 11 is 0. The Morgan fingerprint density at radius 2 is 0.889 bits per heavy atom. The standard InChI is InChI=1S/C54H103NO8/c1-3-5-7-9-11-13-15-17-19-21-23-24-25-26-27-29-31-33-35-37-39-41-43-48(57)47(46-62-54-53(61)52(60)51(59)49(45-56)63-54)55-50(58)44-42-40-38-36-34-32-30-28-22-20-18-16-14-12-10-8-6-4-2/h28,30,41,43,47-49,51-54,56-57,59-61H,3-27,29,31-40,42,44-46H2,1-2H3,(H,55,58)/b30-28-,43-41+. The lowest BCUT2D eigenvalue weighted by Crippen LogP contribution is -2.60. The molecule has 1 aliphatic heterocycles. The Bertz CT molecular complexity index is 1040. The average molecular weight is 894 g/mol. The fourth-order valence-electron chi connectivity index (χ4n) is 8.68. The Balaban J connectivity index is 2.27. The number of carbonyl (C=O) groups is 1. The summed E-state index contributed by atoms with van der Waals surface area (Å²) < 4.78 is 11.3. The Morgan fingerprint density at radius 3 is 1.29 bits per heavy atom. The number of ether oxygens (including phenoxy) is 2. The highest BCUT2D eigenvalue weighted by Crippen LogP contribution is 2.23. The molecule has 1 aliphatic rings. The van der Waals surface area contributed by atoms with Gasteiger partial charge < -0.3 is 40.3 Å². The van der Waals surface area contributed by atoms with Crippen molar-refractivity contribution in [3.8, 4) is 0 Å². The number of carbonyl (C=O) groups excluding carboxylic acids is 1. The molecule has 9 nitrogen and oxygen atoms in total. The Labute approximate surface area is 388 Å². The number of hydrogen-bond donors (Lipinski definition) is 6. The molecule has 0 radical (unpaired) electrons. The number of allylic oxidation sites excluding steroid dienone is 3. The van der Waals surface area contributed by atoms with Gasteiger partial charge >= 0.3 is 0 Å². The van der Waals surface area contributed by atoms with Crippen LogP contribution in [0.1, 0.15) is 258 Å². The number of amides is 1. The second kappa shape index (κ2) is 44.5. The third-order valence-corrected chi connectivity index (χ3v) is 13.0. The van der Waals surface area contributed by atoms with Crippen molar-refractivity contribution in [3.63, 3.8) is 0 Å². The molecule has 6 N–H and O–H groups in total. The first-order chi connectivity index (χ1) is 30.8. The van der Waals surface area contributed by atoms with Gasteiger partial charge in [0.15, 0.2) is 6.29 Å². The molecule has 0 aromatic rings. The summed E-state index contributed by atoms with van der Waals surface area (Å²) in [6.07, 6.45) is 48.0. The summed E-state index contributed by atoms with van der Waals surface area (Å²) in [6, 6.07) is -0.807. The number of hydrogen-bond acceptors (Lipinski definition) is 8. The number of aliphatic hydroxyl groups excluding tert-OH is 5. The van der Waals surface area contributed by atoms with Crippen LogP contribution >= 0.6 is 0 Å². The van der Waals surface area contributed by atoms with Crippen LogP contribution in [0.25, 0.3) is 0 Å². The lowest BCUT2D eigenvalue weighted by atomic mass is 9.99. The van der Waals surface area contributed by atoms with Crippen LogP contribution in [0.15, 0.2) is 24.3 Å². The number of unbranched alkanes of at least 4 members (excludes halogenated alkanes) is 34. The molecule has 0 aliphatic carbocycles. The van der Waals surface area contributed by atoms with E-state index in [0.717, 1.165) is 57.8 Å². The highest BCUT2D eigenvalue weighted by molar-refractivity contribution is 5.76. The van der Waals surface area contributed by atoms with Gasteiger partial charge in [-0.15, -0.1) is 0 Å². The van der Waals surface area contributed by atoms with Crippen molar-refractivity contribution in [2.45, 2.75) is 301 Å². The van der Waals surface area contributed by atoms with E-state index in [1.165, 1.54) is 180 Å². The molecular formula is C54H103NO8. The van der Waals surface area contributed by atoms with E-state index in [9.17, 15) is 30.3 Å². The highest BCUT2D eigenvalue weighted by atomic mass is 16.7. The van der Waals surface area contributed by atoms with Crippen LogP contribution in [0.4, 0.5) is 0 Å². The minimum absolute atomic E-state index is 0.182. The largest absolute Gasteiger partial charge is 0.394 e. The molecule has 0 bridgehead atoms. The van der Waals surface area contributed by atoms with E-state index in [-0.39, 0.29) is 12.5 Å². The molecular weight excluding hydrogens is 791 g/mol. The molecule has 63 heavy (non-hydrogen) atoms. The van der Waals surface area contributed by atoms with Crippen LogP contribution in [0, 0.1) is 0 Å². The first-order valence-corrected chi connectivity index (χ1v) is 27.1. The summed E-state index contributed by atoms with van der Waals surface area (Å²) in [7, 11) is 0. The van der Waals surface area contributed by atoms with Crippen molar-refractivity contribution in [2.75, 3.05) is 13.2 Å². The van der Waals surface area contributed by atoms with Crippen molar-refractivity contribution in [1.82, 2.24) is 5.32 Å². The minimum atomic E-state index is -1.57. The van der Waals surface area contributed by atoms with Gasteiger partial charge in [0.25, 0.3) is 0 Å². The van der Waals surface area contributed by atoms with Crippen LogP contribution in [0.5, 0.6) is 0 Å². The molecule has 0 saturated carbocycles. The van der Waals surface area contributed by atoms with Gasteiger partial charge in [-0.3, -0.25) is 4.79 Å². The third-order valence-electron chi connectivity index (χ3n) is 13.0. The molecule has 0 aromatic carbocycles.